The van der Waals surface area contributed by atoms with Gasteiger partial charge in [0, 0.05) is 0 Å². The zero-order valence-electron chi connectivity index (χ0n) is 8.15. The van der Waals surface area contributed by atoms with Crippen LogP contribution < -0.4 is 0 Å². The standard InChI is InChI=1S/C8H22NSi/c1-6-7-8-9(2,3)10(4)5/h10H,6-8H2,1-5H3/q+1. The van der Waals surface area contributed by atoms with Gasteiger partial charge in [-0.2, -0.15) is 0 Å². The van der Waals surface area contributed by atoms with Crippen LogP contribution in [-0.2, 0) is 0 Å². The monoisotopic (exact) mass is 160 g/mol. The van der Waals surface area contributed by atoms with E-state index in [1.54, 1.807) is 0 Å². The van der Waals surface area contributed by atoms with Gasteiger partial charge >= 0.3 is 0 Å². The van der Waals surface area contributed by atoms with Gasteiger partial charge in [-0.05, 0) is 19.5 Å². The largest absolute Gasteiger partial charge is 0.391 e. The van der Waals surface area contributed by atoms with Crippen LogP contribution in [0.25, 0.3) is 0 Å². The first kappa shape index (κ1) is 10.2. The molecule has 0 aliphatic carbocycles. The minimum Gasteiger partial charge on any atom is -0.391 e. The molecule has 0 aromatic heterocycles. The maximum absolute atomic E-state index is 2.43. The fourth-order valence-corrected chi connectivity index (χ4v) is 1.52. The topological polar surface area (TPSA) is 0 Å². The Morgan fingerprint density at radius 1 is 1.20 bits per heavy atom. The average Bonchev–Trinajstić information content (AvgIpc) is 1.84. The lowest BCUT2D eigenvalue weighted by Gasteiger charge is -2.34. The molecule has 0 bridgehead atoms. The highest BCUT2D eigenvalue weighted by Gasteiger charge is 2.19. The first-order chi connectivity index (χ1) is 4.50. The summed E-state index contributed by atoms with van der Waals surface area (Å²) in [5.74, 6) is 0. The molecule has 0 fully saturated rings. The first-order valence-electron chi connectivity index (χ1n) is 4.33. The van der Waals surface area contributed by atoms with E-state index in [4.69, 9.17) is 0 Å². The van der Waals surface area contributed by atoms with Gasteiger partial charge in [-0.15, -0.1) is 0 Å². The SMILES string of the molecule is CCCC[N+](C)(C)[SiH](C)C. The van der Waals surface area contributed by atoms with E-state index < -0.39 is 8.96 Å². The molecule has 0 heterocycles. The minimum absolute atomic E-state index is 0.474. The van der Waals surface area contributed by atoms with Gasteiger partial charge in [0.05, 0.1) is 20.6 Å². The predicted molar refractivity (Wildman–Crippen MR) is 50.8 cm³/mol. The number of rotatable bonds is 4. The lowest BCUT2D eigenvalue weighted by atomic mass is 10.3. The quantitative estimate of drug-likeness (QED) is 0.551. The van der Waals surface area contributed by atoms with E-state index in [0.29, 0.717) is 0 Å². The molecule has 0 spiro atoms. The number of hydrogen-bond donors (Lipinski definition) is 0. The summed E-state index contributed by atoms with van der Waals surface area (Å²) in [4.78, 5) is 0. The smallest absolute Gasteiger partial charge is 0.263 e. The van der Waals surface area contributed by atoms with E-state index in [-0.39, 0.29) is 0 Å². The lowest BCUT2D eigenvalue weighted by molar-refractivity contribution is -0.784. The van der Waals surface area contributed by atoms with Gasteiger partial charge in [-0.1, -0.05) is 13.3 Å². The van der Waals surface area contributed by atoms with E-state index >= 15 is 0 Å². The minimum atomic E-state index is -0.474. The number of quaternary nitrogens is 1. The molecule has 0 aromatic rings. The van der Waals surface area contributed by atoms with Crippen LogP contribution in [0, 0.1) is 0 Å². The van der Waals surface area contributed by atoms with Crippen molar-refractivity contribution < 1.29 is 4.15 Å². The van der Waals surface area contributed by atoms with Crippen LogP contribution in [0.5, 0.6) is 0 Å². The molecular weight excluding hydrogens is 138 g/mol. The Morgan fingerprint density at radius 2 is 1.70 bits per heavy atom. The molecule has 0 amide bonds. The molecule has 1 nitrogen and oxygen atoms in total. The van der Waals surface area contributed by atoms with Crippen molar-refractivity contribution in [2.75, 3.05) is 20.6 Å². The van der Waals surface area contributed by atoms with Crippen molar-refractivity contribution >= 4 is 8.96 Å². The van der Waals surface area contributed by atoms with Gasteiger partial charge in [0.15, 0.2) is 0 Å². The zero-order valence-corrected chi connectivity index (χ0v) is 9.30. The molecule has 0 N–H and O–H groups in total. The van der Waals surface area contributed by atoms with Crippen LogP contribution in [0.2, 0.25) is 13.1 Å². The summed E-state index contributed by atoms with van der Waals surface area (Å²) in [6.07, 6.45) is 2.72. The Hall–Kier alpha value is 0.177. The molecule has 0 atom stereocenters. The summed E-state index contributed by atoms with van der Waals surface area (Å²) in [6.45, 7) is 8.49. The Morgan fingerprint density at radius 3 is 2.00 bits per heavy atom. The maximum Gasteiger partial charge on any atom is 0.263 e. The normalized spacial score (nSPS) is 12.6. The highest BCUT2D eigenvalue weighted by molar-refractivity contribution is 6.47. The van der Waals surface area contributed by atoms with Crippen LogP contribution in [0.4, 0.5) is 0 Å². The van der Waals surface area contributed by atoms with Gasteiger partial charge in [0.25, 0.3) is 8.96 Å². The van der Waals surface area contributed by atoms with Crippen molar-refractivity contribution in [3.05, 3.63) is 0 Å². The molecule has 10 heavy (non-hydrogen) atoms. The van der Waals surface area contributed by atoms with Crippen LogP contribution in [0.1, 0.15) is 19.8 Å². The molecule has 0 aromatic carbocycles. The molecule has 0 unspecified atom stereocenters. The fraction of sp³-hybridized carbons (Fsp3) is 1.00. The molecule has 0 radical (unpaired) electrons. The fourth-order valence-electron chi connectivity index (χ4n) is 0.824. The maximum atomic E-state index is 2.43. The molecule has 0 rings (SSSR count). The van der Waals surface area contributed by atoms with Gasteiger partial charge in [0.2, 0.25) is 0 Å². The van der Waals surface area contributed by atoms with Crippen LogP contribution >= 0.6 is 0 Å². The summed E-state index contributed by atoms with van der Waals surface area (Å²) in [5, 5.41) is 0. The second-order valence-electron chi connectivity index (χ2n) is 3.95. The zero-order chi connectivity index (χ0) is 8.20. The van der Waals surface area contributed by atoms with Gasteiger partial charge in [-0.3, -0.25) is 0 Å². The summed E-state index contributed by atoms with van der Waals surface area (Å²) < 4.78 is 1.30. The molecule has 0 aliphatic heterocycles. The van der Waals surface area contributed by atoms with Crippen LogP contribution in [0.15, 0.2) is 0 Å². The molecule has 0 aliphatic rings. The summed E-state index contributed by atoms with van der Waals surface area (Å²) >= 11 is 0. The van der Waals surface area contributed by atoms with Crippen molar-refractivity contribution in [2.24, 2.45) is 0 Å². The van der Waals surface area contributed by atoms with Crippen LogP contribution in [0.3, 0.4) is 0 Å². The molecule has 0 saturated heterocycles. The van der Waals surface area contributed by atoms with Crippen molar-refractivity contribution in [3.63, 3.8) is 0 Å². The van der Waals surface area contributed by atoms with E-state index in [1.807, 2.05) is 0 Å². The Bertz CT molecular complexity index is 89.3. The van der Waals surface area contributed by atoms with Crippen molar-refractivity contribution in [1.29, 1.82) is 0 Å². The predicted octanol–water partition coefficient (Wildman–Crippen LogP) is 1.85. The molecular formula is C8H22NSi+. The third-order valence-electron chi connectivity index (χ3n) is 2.49. The van der Waals surface area contributed by atoms with Crippen molar-refractivity contribution in [3.8, 4) is 0 Å². The first-order valence-corrected chi connectivity index (χ1v) is 7.16. The van der Waals surface area contributed by atoms with E-state index in [9.17, 15) is 0 Å². The third-order valence-corrected chi connectivity index (χ3v) is 5.54. The second kappa shape index (κ2) is 4.14. The lowest BCUT2D eigenvalue weighted by Crippen LogP contribution is -2.49. The third kappa shape index (κ3) is 3.37. The highest BCUT2D eigenvalue weighted by atomic mass is 28.3. The Balaban J connectivity index is 3.63. The summed E-state index contributed by atoms with van der Waals surface area (Å²) in [5.41, 5.74) is 0. The van der Waals surface area contributed by atoms with Crippen LogP contribution in [-0.4, -0.2) is 33.7 Å². The Labute approximate surface area is 67.3 Å². The van der Waals surface area contributed by atoms with Crippen molar-refractivity contribution in [1.82, 2.24) is 0 Å². The second-order valence-corrected chi connectivity index (χ2v) is 7.53. The summed E-state index contributed by atoms with van der Waals surface area (Å²) in [7, 11) is 4.26. The van der Waals surface area contributed by atoms with Gasteiger partial charge < -0.3 is 4.15 Å². The molecule has 0 saturated carbocycles. The van der Waals surface area contributed by atoms with E-state index in [2.05, 4.69) is 34.1 Å². The number of nitrogens with zero attached hydrogens (tertiary/aromatic N) is 1. The number of hydrogen-bond acceptors (Lipinski definition) is 0. The molecule has 62 valence electrons. The highest BCUT2D eigenvalue weighted by Crippen LogP contribution is 2.04. The van der Waals surface area contributed by atoms with E-state index in [0.717, 1.165) is 0 Å². The van der Waals surface area contributed by atoms with Crippen molar-refractivity contribution in [2.45, 2.75) is 32.9 Å². The van der Waals surface area contributed by atoms with E-state index in [1.165, 1.54) is 23.5 Å². The summed E-state index contributed by atoms with van der Waals surface area (Å²) in [6, 6.07) is 0. The van der Waals surface area contributed by atoms with Gasteiger partial charge in [0.1, 0.15) is 0 Å². The molecule has 2 heteroatoms. The Kier molecular flexibility index (Phi) is 4.21. The number of unbranched alkanes of at least 4 members (excludes halogenated alkanes) is 1. The average molecular weight is 160 g/mol. The van der Waals surface area contributed by atoms with Gasteiger partial charge in [-0.25, -0.2) is 0 Å².